The quantitative estimate of drug-likeness (QED) is 0.0262. The lowest BCUT2D eigenvalue weighted by atomic mass is 10.0. The zero-order chi connectivity index (χ0) is 105. The molecule has 14 aromatic carbocycles. The minimum Gasteiger partial charge on any atom is -0.488 e. The maximum absolute atomic E-state index is 14.2. The van der Waals surface area contributed by atoms with Gasteiger partial charge < -0.3 is 43.4 Å². The zero-order valence-electron chi connectivity index (χ0n) is 80.4. The number of hydrogen-bond acceptors (Lipinski definition) is 19. The van der Waals surface area contributed by atoms with E-state index in [9.17, 15) is 68.7 Å². The van der Waals surface area contributed by atoms with Crippen LogP contribution in [0.3, 0.4) is 0 Å². The summed E-state index contributed by atoms with van der Waals surface area (Å²) in [4.78, 5) is 92.0. The molecule has 143 heavy (non-hydrogen) atoms. The molecule has 0 heterocycles. The number of carboxylic acid groups (broad SMARTS) is 2. The van der Waals surface area contributed by atoms with Crippen LogP contribution in [0.2, 0.25) is 0 Å². The Balaban J connectivity index is 0.000000204. The third-order valence-corrected chi connectivity index (χ3v) is 22.3. The van der Waals surface area contributed by atoms with Crippen molar-refractivity contribution < 1.29 is 112 Å². The number of aryl methyl sites for hydroxylation is 10. The summed E-state index contributed by atoms with van der Waals surface area (Å²) in [5.41, 5.74) is 16.2. The van der Waals surface area contributed by atoms with E-state index in [0.29, 0.717) is 119 Å². The highest BCUT2D eigenvalue weighted by molar-refractivity contribution is 9.10. The number of rotatable bonds is 28. The molecule has 21 nitrogen and oxygen atoms in total. The number of aliphatic imine (C=N–C) groups is 5. The first-order valence-electron chi connectivity index (χ1n) is 43.9. The Morgan fingerprint density at radius 1 is 0.287 bits per heavy atom. The van der Waals surface area contributed by atoms with Crippen molar-refractivity contribution in [2.75, 3.05) is 0 Å². The summed E-state index contributed by atoms with van der Waals surface area (Å²) < 4.78 is 148. The first-order chi connectivity index (χ1) is 68.3. The smallest absolute Gasteiger partial charge is 0.419 e. The summed E-state index contributed by atoms with van der Waals surface area (Å²) in [5, 5.41) is 18.2. The average molecular weight is 2020 g/mol. The number of carbonyl (C=O) groups excluding carboxylic acids is 5. The second-order valence-electron chi connectivity index (χ2n) is 32.1. The number of halogens is 9. The number of benzene rings is 14. The predicted octanol–water partition coefficient (Wildman–Crippen LogP) is 28.9. The van der Waals surface area contributed by atoms with E-state index in [2.05, 4.69) is 40.9 Å². The minimum atomic E-state index is -4.50. The van der Waals surface area contributed by atoms with Crippen LogP contribution >= 0.6 is 15.9 Å². The lowest BCUT2D eigenvalue weighted by Crippen LogP contribution is -2.09. The Kier molecular flexibility index (Phi) is 43.2. The van der Waals surface area contributed by atoms with Crippen LogP contribution in [0.5, 0.6) is 40.2 Å². The number of carboxylic acids is 2. The van der Waals surface area contributed by atoms with Gasteiger partial charge >= 0.3 is 18.1 Å². The van der Waals surface area contributed by atoms with Crippen molar-refractivity contribution in [3.8, 4) is 40.2 Å². The molecule has 0 fully saturated rings. The highest BCUT2D eigenvalue weighted by Crippen LogP contribution is 2.40. The van der Waals surface area contributed by atoms with Crippen molar-refractivity contribution in [2.24, 2.45) is 25.0 Å². The van der Waals surface area contributed by atoms with Crippen LogP contribution in [0.15, 0.2) is 284 Å². The number of ether oxygens (including phenoxy) is 7. The van der Waals surface area contributed by atoms with Gasteiger partial charge in [-0.2, -0.15) is 38.1 Å². The molecule has 0 atom stereocenters. The van der Waals surface area contributed by atoms with Gasteiger partial charge in [0.25, 0.3) is 0 Å². The van der Waals surface area contributed by atoms with Crippen LogP contribution in [0.4, 0.5) is 63.6 Å². The van der Waals surface area contributed by atoms with Crippen molar-refractivity contribution in [1.82, 2.24) is 0 Å². The van der Waals surface area contributed by atoms with Gasteiger partial charge in [0, 0.05) is 56.1 Å². The average Bonchev–Trinajstić information content (AvgIpc) is 0.817. The van der Waals surface area contributed by atoms with Crippen LogP contribution < -0.4 is 33.2 Å². The molecule has 0 aliphatic heterocycles. The molecule has 0 radical (unpaired) electrons. The molecule has 0 unspecified atom stereocenters. The maximum Gasteiger partial charge on any atom is 0.419 e. The van der Waals surface area contributed by atoms with Crippen molar-refractivity contribution in [3.05, 3.63) is 422 Å². The van der Waals surface area contributed by atoms with E-state index in [1.54, 1.807) is 226 Å². The number of nitrogens with zero attached hydrogens (tertiary/aromatic N) is 5. The number of hydrogen-bond donors (Lipinski definition) is 2. The first kappa shape index (κ1) is 112. The van der Waals surface area contributed by atoms with Crippen molar-refractivity contribution in [3.63, 3.8) is 0 Å². The van der Waals surface area contributed by atoms with E-state index in [1.165, 1.54) is 54.7 Å². The highest BCUT2D eigenvalue weighted by Gasteiger charge is 2.35. The molecular weight excluding hydrogens is 1920 g/mol. The fourth-order valence-electron chi connectivity index (χ4n) is 13.8. The second-order valence-corrected chi connectivity index (χ2v) is 33.0. The van der Waals surface area contributed by atoms with Gasteiger partial charge in [-0.25, -0.2) is 55.5 Å². The molecule has 0 spiro atoms. The molecule has 14 aromatic rings. The van der Waals surface area contributed by atoms with E-state index in [4.69, 9.17) is 43.4 Å². The molecule has 0 bridgehead atoms. The standard InChI is InChI=1S/2C17H17FO3.C16H12F3NO2.3C16H14FNO2.C15H12BrNO2/c1-10-8-15(12(3)16(18)11(10)2)21-9-13-6-4-5-7-14(13)17(19)20;1-10-8-11(2)16(15(18)12(10)3)21-9-13-6-4-5-7-14(13)17(19)20;1-11-6-7-15(13(8-11)16(17,18)19)22-9-12-4-2-3-5-14(12)20-10-21;1-11-7-12(2)16(8-14(11)17)20-9-13-5-3-4-6-15(13)18-10-19;1-11-7-12(2)16(14(17)8-11)20-9-13-5-3-4-6-15(13)18-10-19;1-11-7-8-15(12(2)16(11)17)20-9-13-5-3-4-6-14(13)18-10-19;1-11-6-7-15(13(16)8-11)19-9-12-4-2-3-5-14(12)17-10-18/h2*4-8H,9H2,1-3H3,(H,19,20);2-8H,9H2,1H3;3*3-8H,9H2,1-2H3;2-8H,9H2,1H3. The first-order valence-corrected chi connectivity index (χ1v) is 44.7. The van der Waals surface area contributed by atoms with E-state index in [0.717, 1.165) is 66.4 Å². The van der Waals surface area contributed by atoms with Gasteiger partial charge in [-0.15, -0.1) is 0 Å². The Labute approximate surface area is 830 Å². The lowest BCUT2D eigenvalue weighted by molar-refractivity contribution is -0.139. The van der Waals surface area contributed by atoms with Crippen LogP contribution in [0.25, 0.3) is 0 Å². The summed E-state index contributed by atoms with van der Waals surface area (Å²) >= 11 is 3.46. The molecule has 0 aliphatic carbocycles. The normalized spacial score (nSPS) is 10.2. The molecular formula is C113H100BrF8N5O16. The van der Waals surface area contributed by atoms with Crippen LogP contribution in [-0.4, -0.2) is 52.6 Å². The maximum atomic E-state index is 14.2. The minimum absolute atomic E-state index is 0.0166. The Morgan fingerprint density at radius 3 is 1.06 bits per heavy atom. The zero-order valence-corrected chi connectivity index (χ0v) is 82.0. The lowest BCUT2D eigenvalue weighted by Gasteiger charge is -2.15. The third kappa shape index (κ3) is 33.3. The van der Waals surface area contributed by atoms with E-state index in [1.807, 2.05) is 95.3 Å². The van der Waals surface area contributed by atoms with Gasteiger partial charge in [0.15, 0.2) is 23.1 Å². The van der Waals surface area contributed by atoms with Gasteiger partial charge in [-0.1, -0.05) is 163 Å². The summed E-state index contributed by atoms with van der Waals surface area (Å²) in [5.74, 6) is -1.34. The van der Waals surface area contributed by atoms with E-state index < -0.39 is 23.7 Å². The van der Waals surface area contributed by atoms with Crippen molar-refractivity contribution >= 4 is 86.7 Å². The van der Waals surface area contributed by atoms with Crippen molar-refractivity contribution in [1.29, 1.82) is 0 Å². The van der Waals surface area contributed by atoms with Crippen molar-refractivity contribution in [2.45, 2.75) is 149 Å². The summed E-state index contributed by atoms with van der Waals surface area (Å²) in [6.45, 7) is 25.6. The molecule has 30 heteroatoms. The second kappa shape index (κ2) is 55.3. The van der Waals surface area contributed by atoms with E-state index >= 15 is 0 Å². The molecule has 2 N–H and O–H groups in total. The number of para-hydroxylation sites is 5. The molecule has 0 saturated heterocycles. The van der Waals surface area contributed by atoms with Gasteiger partial charge in [-0.05, 0) is 265 Å². The Hall–Kier alpha value is -16.6. The molecule has 0 aliphatic rings. The molecule has 0 aromatic heterocycles. The fourth-order valence-corrected chi connectivity index (χ4v) is 14.4. The topological polar surface area (TPSA) is 286 Å². The Morgan fingerprint density at radius 2 is 0.622 bits per heavy atom. The third-order valence-electron chi connectivity index (χ3n) is 21.7. The monoisotopic (exact) mass is 2010 g/mol. The predicted molar refractivity (Wildman–Crippen MR) is 532 cm³/mol. The van der Waals surface area contributed by atoms with Gasteiger partial charge in [-0.3, -0.25) is 0 Å². The molecule has 736 valence electrons. The number of aromatic carboxylic acids is 2. The molecule has 14 rings (SSSR count). The Bertz CT molecular complexity index is 7040. The fraction of sp³-hybridized carbons (Fsp3) is 0.195. The number of isocyanates is 5. The van der Waals surface area contributed by atoms with Crippen LogP contribution in [0, 0.1) is 126 Å². The van der Waals surface area contributed by atoms with Crippen LogP contribution in [-0.2, 0) is 76.4 Å². The molecule has 0 saturated carbocycles. The number of carbonyl (C=O) groups is 2. The summed E-state index contributed by atoms with van der Waals surface area (Å²) in [6, 6.07) is 71.4. The summed E-state index contributed by atoms with van der Waals surface area (Å²) in [6.07, 6.45) is 2.98. The van der Waals surface area contributed by atoms with E-state index in [-0.39, 0.29) is 97.1 Å². The van der Waals surface area contributed by atoms with Gasteiger partial charge in [0.05, 0.1) is 49.6 Å². The number of alkyl halides is 3. The molecule has 0 amide bonds. The largest absolute Gasteiger partial charge is 0.488 e. The summed E-state index contributed by atoms with van der Waals surface area (Å²) in [7, 11) is 0. The SMILES string of the molecule is Cc1cc(C)c(OCc2ccccc2C(=O)O)c(F)c1C.Cc1cc(C)c(OCc2ccccc2N=C=O)c(F)c1.Cc1cc(C)c(OCc2ccccc2N=C=O)cc1F.Cc1cc(OCc2ccccc2C(=O)O)c(C)c(F)c1C.Cc1ccc(OCc2ccccc2N=C=O)c(Br)c1.Cc1ccc(OCc2ccccc2N=C=O)c(C(F)(F)F)c1.Cc1ccc(OCc2ccccc2N=C=O)c(C)c1F. The van der Waals surface area contributed by atoms with Crippen LogP contribution in [0.1, 0.15) is 143 Å². The van der Waals surface area contributed by atoms with Gasteiger partial charge in [0.2, 0.25) is 30.4 Å². The highest BCUT2D eigenvalue weighted by atomic mass is 79.9. The van der Waals surface area contributed by atoms with Gasteiger partial charge in [0.1, 0.15) is 92.4 Å².